The van der Waals surface area contributed by atoms with Gasteiger partial charge in [0.25, 0.3) is 0 Å². The summed E-state index contributed by atoms with van der Waals surface area (Å²) in [6.07, 6.45) is 5.73. The maximum Gasteiger partial charge on any atom is -0.0185 e. The van der Waals surface area contributed by atoms with Crippen molar-refractivity contribution in [1.82, 2.24) is 0 Å². The van der Waals surface area contributed by atoms with Crippen LogP contribution in [0.2, 0.25) is 0 Å². The minimum absolute atomic E-state index is 0.593. The van der Waals surface area contributed by atoms with E-state index in [4.69, 9.17) is 0 Å². The molecule has 0 aromatic heterocycles. The molecule has 0 saturated heterocycles. The van der Waals surface area contributed by atoms with Gasteiger partial charge in [0, 0.05) is 0 Å². The first-order valence-corrected chi connectivity index (χ1v) is 7.04. The van der Waals surface area contributed by atoms with E-state index in [9.17, 15) is 0 Å². The molecule has 0 bridgehead atoms. The van der Waals surface area contributed by atoms with Gasteiger partial charge in [0.15, 0.2) is 0 Å². The normalized spacial score (nSPS) is 14.4. The molecule has 0 aliphatic rings. The SMILES string of the molecule is C[C@@H](/C=C/c1ccccc1)C[C@H](C)c1ccccc1. The molecule has 0 amide bonds. The Balaban J connectivity index is 1.91. The number of allylic oxidation sites excluding steroid dienone is 1. The summed E-state index contributed by atoms with van der Waals surface area (Å²) in [5, 5.41) is 0. The highest BCUT2D eigenvalue weighted by molar-refractivity contribution is 5.48. The molecule has 0 radical (unpaired) electrons. The molecule has 0 N–H and O–H groups in total. The molecule has 0 nitrogen and oxygen atoms in total. The second-order valence-electron chi connectivity index (χ2n) is 5.29. The summed E-state index contributed by atoms with van der Waals surface area (Å²) in [6, 6.07) is 21.3. The van der Waals surface area contributed by atoms with Crippen molar-refractivity contribution >= 4 is 6.08 Å². The molecule has 0 unspecified atom stereocenters. The topological polar surface area (TPSA) is 0 Å². The largest absolute Gasteiger partial charge is 0.0811 e. The van der Waals surface area contributed by atoms with Gasteiger partial charge >= 0.3 is 0 Å². The number of rotatable bonds is 5. The Morgan fingerprint density at radius 3 is 2.05 bits per heavy atom. The third kappa shape index (κ3) is 4.40. The van der Waals surface area contributed by atoms with E-state index in [0.717, 1.165) is 0 Å². The summed E-state index contributed by atoms with van der Waals surface area (Å²) in [7, 11) is 0. The lowest BCUT2D eigenvalue weighted by Crippen LogP contribution is -1.99. The maximum atomic E-state index is 2.31. The average molecular weight is 250 g/mol. The second-order valence-corrected chi connectivity index (χ2v) is 5.29. The third-order valence-electron chi connectivity index (χ3n) is 3.51. The van der Waals surface area contributed by atoms with Crippen molar-refractivity contribution in [2.45, 2.75) is 26.2 Å². The summed E-state index contributed by atoms with van der Waals surface area (Å²) in [4.78, 5) is 0. The minimum Gasteiger partial charge on any atom is -0.0811 e. The first-order chi connectivity index (χ1) is 9.25. The van der Waals surface area contributed by atoms with Gasteiger partial charge in [-0.25, -0.2) is 0 Å². The van der Waals surface area contributed by atoms with E-state index in [-0.39, 0.29) is 0 Å². The van der Waals surface area contributed by atoms with Gasteiger partial charge in [-0.3, -0.25) is 0 Å². The zero-order chi connectivity index (χ0) is 13.5. The predicted octanol–water partition coefficient (Wildman–Crippen LogP) is 5.53. The molecule has 2 aromatic rings. The predicted molar refractivity (Wildman–Crippen MR) is 84.1 cm³/mol. The van der Waals surface area contributed by atoms with E-state index in [0.29, 0.717) is 11.8 Å². The van der Waals surface area contributed by atoms with Crippen LogP contribution in [-0.2, 0) is 0 Å². The highest BCUT2D eigenvalue weighted by atomic mass is 14.1. The van der Waals surface area contributed by atoms with Gasteiger partial charge in [0.1, 0.15) is 0 Å². The molecular weight excluding hydrogens is 228 g/mol. The zero-order valence-corrected chi connectivity index (χ0v) is 11.8. The fourth-order valence-electron chi connectivity index (χ4n) is 2.39. The van der Waals surface area contributed by atoms with Crippen molar-refractivity contribution in [3.8, 4) is 0 Å². The highest BCUT2D eigenvalue weighted by Crippen LogP contribution is 2.24. The van der Waals surface area contributed by atoms with E-state index >= 15 is 0 Å². The van der Waals surface area contributed by atoms with Gasteiger partial charge in [-0.15, -0.1) is 0 Å². The summed E-state index contributed by atoms with van der Waals surface area (Å²) in [5.41, 5.74) is 2.71. The van der Waals surface area contributed by atoms with Crippen LogP contribution in [0.4, 0.5) is 0 Å². The molecular formula is C19H22. The lowest BCUT2D eigenvalue weighted by molar-refractivity contribution is 0.569. The average Bonchev–Trinajstić information content (AvgIpc) is 2.47. The molecule has 2 rings (SSSR count). The van der Waals surface area contributed by atoms with Crippen LogP contribution < -0.4 is 0 Å². The van der Waals surface area contributed by atoms with Gasteiger partial charge in [-0.2, -0.15) is 0 Å². The van der Waals surface area contributed by atoms with E-state index in [2.05, 4.69) is 86.7 Å². The molecule has 2 atom stereocenters. The number of hydrogen-bond donors (Lipinski definition) is 0. The Hall–Kier alpha value is -1.82. The molecule has 0 heterocycles. The molecule has 19 heavy (non-hydrogen) atoms. The summed E-state index contributed by atoms with van der Waals surface area (Å²) in [5.74, 6) is 1.20. The Morgan fingerprint density at radius 1 is 0.842 bits per heavy atom. The molecule has 0 saturated carbocycles. The Kier molecular flexibility index (Phi) is 4.97. The van der Waals surface area contributed by atoms with Crippen molar-refractivity contribution in [3.05, 3.63) is 77.9 Å². The van der Waals surface area contributed by atoms with Gasteiger partial charge in [-0.05, 0) is 29.4 Å². The van der Waals surface area contributed by atoms with Crippen LogP contribution >= 0.6 is 0 Å². The third-order valence-corrected chi connectivity index (χ3v) is 3.51. The summed E-state index contributed by atoms with van der Waals surface area (Å²) in [6.45, 7) is 4.60. The fraction of sp³-hybridized carbons (Fsp3) is 0.263. The van der Waals surface area contributed by atoms with Crippen molar-refractivity contribution in [1.29, 1.82) is 0 Å². The highest BCUT2D eigenvalue weighted by Gasteiger charge is 2.08. The van der Waals surface area contributed by atoms with Crippen LogP contribution in [-0.4, -0.2) is 0 Å². The summed E-state index contributed by atoms with van der Waals surface area (Å²) < 4.78 is 0. The molecule has 0 fully saturated rings. The van der Waals surface area contributed by atoms with Crippen molar-refractivity contribution < 1.29 is 0 Å². The lowest BCUT2D eigenvalue weighted by atomic mass is 9.91. The molecule has 0 heteroatoms. The van der Waals surface area contributed by atoms with Crippen LogP contribution in [0.3, 0.4) is 0 Å². The summed E-state index contributed by atoms with van der Waals surface area (Å²) >= 11 is 0. The van der Waals surface area contributed by atoms with E-state index in [1.165, 1.54) is 17.5 Å². The molecule has 0 aliphatic heterocycles. The number of benzene rings is 2. The smallest absolute Gasteiger partial charge is 0.0185 e. The lowest BCUT2D eigenvalue weighted by Gasteiger charge is -2.14. The fourth-order valence-corrected chi connectivity index (χ4v) is 2.39. The Bertz CT molecular complexity index is 496. The van der Waals surface area contributed by atoms with Crippen LogP contribution in [0.15, 0.2) is 66.7 Å². The van der Waals surface area contributed by atoms with E-state index in [1.807, 2.05) is 0 Å². The van der Waals surface area contributed by atoms with Crippen LogP contribution in [0.1, 0.15) is 37.3 Å². The quantitative estimate of drug-likeness (QED) is 0.654. The maximum absolute atomic E-state index is 2.31. The van der Waals surface area contributed by atoms with Gasteiger partial charge < -0.3 is 0 Å². The second kappa shape index (κ2) is 6.94. The number of hydrogen-bond acceptors (Lipinski definition) is 0. The van der Waals surface area contributed by atoms with E-state index in [1.54, 1.807) is 0 Å². The molecule has 2 aromatic carbocycles. The van der Waals surface area contributed by atoms with E-state index < -0.39 is 0 Å². The van der Waals surface area contributed by atoms with Crippen molar-refractivity contribution in [3.63, 3.8) is 0 Å². The van der Waals surface area contributed by atoms with Crippen molar-refractivity contribution in [2.75, 3.05) is 0 Å². The molecule has 0 aliphatic carbocycles. The van der Waals surface area contributed by atoms with Gasteiger partial charge in [0.2, 0.25) is 0 Å². The monoisotopic (exact) mass is 250 g/mol. The van der Waals surface area contributed by atoms with Gasteiger partial charge in [-0.1, -0.05) is 86.7 Å². The standard InChI is InChI=1S/C19H22/c1-16(13-14-18-9-5-3-6-10-18)15-17(2)19-11-7-4-8-12-19/h3-14,16-17H,15H2,1-2H3/b14-13+/t16-,17-/m0/s1. The van der Waals surface area contributed by atoms with Crippen LogP contribution in [0.25, 0.3) is 6.08 Å². The van der Waals surface area contributed by atoms with Crippen LogP contribution in [0, 0.1) is 5.92 Å². The first kappa shape index (κ1) is 13.6. The van der Waals surface area contributed by atoms with Crippen molar-refractivity contribution in [2.24, 2.45) is 5.92 Å². The van der Waals surface area contributed by atoms with Gasteiger partial charge in [0.05, 0.1) is 0 Å². The van der Waals surface area contributed by atoms with Crippen LogP contribution in [0.5, 0.6) is 0 Å². The Morgan fingerprint density at radius 2 is 1.42 bits per heavy atom. The molecule has 98 valence electrons. The minimum atomic E-state index is 0.593. The Labute approximate surface area is 116 Å². The first-order valence-electron chi connectivity index (χ1n) is 7.04. The molecule has 0 spiro atoms. The zero-order valence-electron chi connectivity index (χ0n) is 11.8.